The topological polar surface area (TPSA) is 49.9 Å². The fourth-order valence-corrected chi connectivity index (χ4v) is 1.80. The number of nitrogens with one attached hydrogen (secondary N) is 2. The summed E-state index contributed by atoms with van der Waals surface area (Å²) in [7, 11) is 0. The Kier molecular flexibility index (Phi) is 5.19. The van der Waals surface area contributed by atoms with Gasteiger partial charge in [-0.3, -0.25) is 0 Å². The van der Waals surface area contributed by atoms with Gasteiger partial charge in [-0.2, -0.15) is 0 Å². The van der Waals surface area contributed by atoms with Gasteiger partial charge in [0.05, 0.1) is 0 Å². The molecular formula is C15H19N3O. The van der Waals surface area contributed by atoms with Crippen LogP contribution in [0, 0.1) is 0 Å². The molecule has 1 aromatic heterocycles. The lowest BCUT2D eigenvalue weighted by Crippen LogP contribution is -2.17. The van der Waals surface area contributed by atoms with Crippen molar-refractivity contribution in [2.75, 3.05) is 13.2 Å². The third kappa shape index (κ3) is 4.26. The van der Waals surface area contributed by atoms with E-state index in [4.69, 9.17) is 4.74 Å². The quantitative estimate of drug-likeness (QED) is 0.563. The van der Waals surface area contributed by atoms with Crippen LogP contribution in [0.1, 0.15) is 11.4 Å². The second-order valence-electron chi connectivity index (χ2n) is 4.17. The predicted octanol–water partition coefficient (Wildman–Crippen LogP) is 2.31. The van der Waals surface area contributed by atoms with E-state index in [1.807, 2.05) is 24.4 Å². The van der Waals surface area contributed by atoms with Crippen molar-refractivity contribution in [2.45, 2.75) is 13.0 Å². The SMILES string of the molecule is C=CCOc1ccccc1CNCCc1ncc[nH]1. The Morgan fingerprint density at radius 2 is 2.26 bits per heavy atom. The fourth-order valence-electron chi connectivity index (χ4n) is 1.80. The molecule has 0 unspecified atom stereocenters. The van der Waals surface area contributed by atoms with Gasteiger partial charge >= 0.3 is 0 Å². The molecule has 1 heterocycles. The Bertz CT molecular complexity index is 494. The first-order valence-electron chi connectivity index (χ1n) is 6.40. The number of para-hydroxylation sites is 1. The minimum absolute atomic E-state index is 0.531. The van der Waals surface area contributed by atoms with Crippen molar-refractivity contribution in [3.8, 4) is 5.75 Å². The molecule has 100 valence electrons. The summed E-state index contributed by atoms with van der Waals surface area (Å²) < 4.78 is 5.61. The van der Waals surface area contributed by atoms with E-state index in [0.29, 0.717) is 6.61 Å². The van der Waals surface area contributed by atoms with Crippen molar-refractivity contribution >= 4 is 0 Å². The van der Waals surface area contributed by atoms with Gasteiger partial charge in [0, 0.05) is 37.5 Å². The van der Waals surface area contributed by atoms with Crippen molar-refractivity contribution in [1.82, 2.24) is 15.3 Å². The van der Waals surface area contributed by atoms with E-state index >= 15 is 0 Å². The molecule has 0 fully saturated rings. The van der Waals surface area contributed by atoms with Crippen LogP contribution in [0.15, 0.2) is 49.3 Å². The lowest BCUT2D eigenvalue weighted by atomic mass is 10.2. The maximum Gasteiger partial charge on any atom is 0.124 e. The van der Waals surface area contributed by atoms with Crippen LogP contribution in [0.3, 0.4) is 0 Å². The largest absolute Gasteiger partial charge is 0.489 e. The molecule has 0 spiro atoms. The van der Waals surface area contributed by atoms with E-state index in [1.54, 1.807) is 12.3 Å². The number of aromatic nitrogens is 2. The van der Waals surface area contributed by atoms with Gasteiger partial charge in [0.2, 0.25) is 0 Å². The smallest absolute Gasteiger partial charge is 0.124 e. The van der Waals surface area contributed by atoms with Gasteiger partial charge in [-0.25, -0.2) is 4.98 Å². The molecule has 2 rings (SSSR count). The highest BCUT2D eigenvalue weighted by molar-refractivity contribution is 5.33. The average molecular weight is 257 g/mol. The van der Waals surface area contributed by atoms with Gasteiger partial charge in [-0.05, 0) is 6.07 Å². The molecule has 2 aromatic rings. The van der Waals surface area contributed by atoms with E-state index in [-0.39, 0.29) is 0 Å². The zero-order chi connectivity index (χ0) is 13.3. The highest BCUT2D eigenvalue weighted by Gasteiger charge is 2.02. The zero-order valence-electron chi connectivity index (χ0n) is 10.9. The number of nitrogens with zero attached hydrogens (tertiary/aromatic N) is 1. The summed E-state index contributed by atoms with van der Waals surface area (Å²) in [5, 5.41) is 3.39. The molecule has 0 radical (unpaired) electrons. The molecule has 2 N–H and O–H groups in total. The van der Waals surface area contributed by atoms with Crippen molar-refractivity contribution in [2.24, 2.45) is 0 Å². The van der Waals surface area contributed by atoms with Crippen LogP contribution in [0.4, 0.5) is 0 Å². The van der Waals surface area contributed by atoms with Crippen molar-refractivity contribution in [1.29, 1.82) is 0 Å². The van der Waals surface area contributed by atoms with Gasteiger partial charge in [-0.1, -0.05) is 30.9 Å². The molecule has 1 aromatic carbocycles. The van der Waals surface area contributed by atoms with Crippen LogP contribution in [0.5, 0.6) is 5.75 Å². The van der Waals surface area contributed by atoms with Gasteiger partial charge < -0.3 is 15.0 Å². The summed E-state index contributed by atoms with van der Waals surface area (Å²) in [5.74, 6) is 1.91. The second-order valence-corrected chi connectivity index (χ2v) is 4.17. The minimum Gasteiger partial charge on any atom is -0.489 e. The number of imidazole rings is 1. The second kappa shape index (κ2) is 7.38. The van der Waals surface area contributed by atoms with Crippen LogP contribution in [-0.4, -0.2) is 23.1 Å². The van der Waals surface area contributed by atoms with Gasteiger partial charge in [0.25, 0.3) is 0 Å². The zero-order valence-corrected chi connectivity index (χ0v) is 10.9. The summed E-state index contributed by atoms with van der Waals surface area (Å²) in [5.41, 5.74) is 1.16. The normalized spacial score (nSPS) is 10.3. The van der Waals surface area contributed by atoms with Gasteiger partial charge in [0.15, 0.2) is 0 Å². The Morgan fingerprint density at radius 1 is 1.37 bits per heavy atom. The first-order valence-corrected chi connectivity index (χ1v) is 6.40. The van der Waals surface area contributed by atoms with Crippen molar-refractivity contribution in [3.05, 3.63) is 60.7 Å². The highest BCUT2D eigenvalue weighted by atomic mass is 16.5. The first-order chi connectivity index (χ1) is 9.40. The lowest BCUT2D eigenvalue weighted by Gasteiger charge is -2.10. The van der Waals surface area contributed by atoms with Crippen molar-refractivity contribution in [3.63, 3.8) is 0 Å². The molecule has 0 saturated carbocycles. The van der Waals surface area contributed by atoms with Crippen molar-refractivity contribution < 1.29 is 4.74 Å². The molecule has 19 heavy (non-hydrogen) atoms. The van der Waals surface area contributed by atoms with Crippen LogP contribution in [-0.2, 0) is 13.0 Å². The number of ether oxygens (including phenoxy) is 1. The van der Waals surface area contributed by atoms with E-state index < -0.39 is 0 Å². The lowest BCUT2D eigenvalue weighted by molar-refractivity contribution is 0.358. The molecule has 0 aliphatic heterocycles. The van der Waals surface area contributed by atoms with Gasteiger partial charge in [-0.15, -0.1) is 0 Å². The Morgan fingerprint density at radius 3 is 3.05 bits per heavy atom. The maximum atomic E-state index is 5.61. The number of H-pyrrole nitrogens is 1. The Balaban J connectivity index is 1.80. The number of aromatic amines is 1. The van der Waals surface area contributed by atoms with E-state index in [0.717, 1.165) is 36.6 Å². The number of hydrogen-bond donors (Lipinski definition) is 2. The van der Waals surface area contributed by atoms with E-state index in [9.17, 15) is 0 Å². The molecule has 0 saturated heterocycles. The molecule has 0 atom stereocenters. The standard InChI is InChI=1S/C15H19N3O/c1-2-11-19-14-6-4-3-5-13(14)12-16-8-7-15-17-9-10-18-15/h2-6,9-10,16H,1,7-8,11-12H2,(H,17,18). The fraction of sp³-hybridized carbons (Fsp3) is 0.267. The molecule has 4 heteroatoms. The number of benzene rings is 1. The molecule has 4 nitrogen and oxygen atoms in total. The highest BCUT2D eigenvalue weighted by Crippen LogP contribution is 2.17. The Hall–Kier alpha value is -2.07. The van der Waals surface area contributed by atoms with Crippen LogP contribution >= 0.6 is 0 Å². The first kappa shape index (κ1) is 13.4. The van der Waals surface area contributed by atoms with Crippen LogP contribution < -0.4 is 10.1 Å². The Labute approximate surface area is 113 Å². The summed E-state index contributed by atoms with van der Waals surface area (Å²) in [6.45, 7) is 5.85. The van der Waals surface area contributed by atoms with E-state index in [2.05, 4.69) is 27.9 Å². The summed E-state index contributed by atoms with van der Waals surface area (Å²) in [4.78, 5) is 7.28. The molecule has 0 aliphatic carbocycles. The van der Waals surface area contributed by atoms with Crippen LogP contribution in [0.2, 0.25) is 0 Å². The molecule has 0 amide bonds. The minimum atomic E-state index is 0.531. The number of rotatable bonds is 8. The predicted molar refractivity (Wildman–Crippen MR) is 76.1 cm³/mol. The number of hydrogen-bond acceptors (Lipinski definition) is 3. The maximum absolute atomic E-state index is 5.61. The van der Waals surface area contributed by atoms with Gasteiger partial charge in [0.1, 0.15) is 18.2 Å². The molecular weight excluding hydrogens is 238 g/mol. The monoisotopic (exact) mass is 257 g/mol. The third-order valence-electron chi connectivity index (χ3n) is 2.74. The summed E-state index contributed by atoms with van der Waals surface area (Å²) in [6.07, 6.45) is 6.26. The average Bonchev–Trinajstić information content (AvgIpc) is 2.95. The third-order valence-corrected chi connectivity index (χ3v) is 2.74. The summed E-state index contributed by atoms with van der Waals surface area (Å²) >= 11 is 0. The molecule has 0 aliphatic rings. The summed E-state index contributed by atoms with van der Waals surface area (Å²) in [6, 6.07) is 8.04. The molecule has 0 bridgehead atoms. The van der Waals surface area contributed by atoms with E-state index in [1.165, 1.54) is 0 Å². The van der Waals surface area contributed by atoms with Crippen LogP contribution in [0.25, 0.3) is 0 Å².